The number of unbranched alkanes of at least 4 members (excludes halogenated alkanes) is 1. The molecule has 2 fully saturated rings. The zero-order chi connectivity index (χ0) is 31.9. The number of carbonyl (C=O) groups excluding carboxylic acids is 3. The molecule has 2 aliphatic rings. The third-order valence-corrected chi connectivity index (χ3v) is 8.11. The van der Waals surface area contributed by atoms with Crippen molar-refractivity contribution in [1.29, 1.82) is 0 Å². The van der Waals surface area contributed by atoms with Crippen LogP contribution in [0.4, 0.5) is 26.7 Å². The number of thioether (sulfide) groups is 1. The first-order valence-electron chi connectivity index (χ1n) is 14.2. The first-order chi connectivity index (χ1) is 21.2. The van der Waals surface area contributed by atoms with Gasteiger partial charge in [0.2, 0.25) is 40.7 Å². The van der Waals surface area contributed by atoms with Crippen LogP contribution in [0.15, 0.2) is 0 Å². The van der Waals surface area contributed by atoms with Crippen LogP contribution < -0.4 is 20.7 Å². The van der Waals surface area contributed by atoms with E-state index in [-0.39, 0.29) is 57.1 Å². The summed E-state index contributed by atoms with van der Waals surface area (Å²) in [5, 5.41) is 9.09. The van der Waals surface area contributed by atoms with Crippen molar-refractivity contribution in [1.82, 2.24) is 16.0 Å². The van der Waals surface area contributed by atoms with Crippen LogP contribution in [0.3, 0.4) is 0 Å². The Morgan fingerprint density at radius 1 is 0.750 bits per heavy atom. The number of urea groups is 1. The molecule has 0 saturated carbocycles. The maximum absolute atomic E-state index is 13.5. The Kier molecular flexibility index (Phi) is 15.4. The molecule has 0 spiro atoms. The molecule has 1 aromatic carbocycles. The van der Waals surface area contributed by atoms with Gasteiger partial charge >= 0.3 is 12.0 Å². The maximum atomic E-state index is 13.5. The molecule has 2 heterocycles. The second kappa shape index (κ2) is 18.9. The molecule has 248 valence electrons. The van der Waals surface area contributed by atoms with E-state index in [1.807, 2.05) is 11.8 Å². The highest BCUT2D eigenvalue weighted by atomic mass is 32.2. The van der Waals surface area contributed by atoms with Crippen molar-refractivity contribution < 1.29 is 60.0 Å². The molecule has 0 radical (unpaired) electrons. The lowest BCUT2D eigenvalue weighted by molar-refractivity contribution is -0.136. The first-order valence-corrected chi connectivity index (χ1v) is 15.2. The number of nitrogens with one attached hydrogen (secondary N) is 3. The molecule has 3 rings (SSSR count). The van der Waals surface area contributed by atoms with Crippen LogP contribution >= 0.6 is 11.8 Å². The summed E-state index contributed by atoms with van der Waals surface area (Å²) in [7, 11) is 0. The molecule has 11 nitrogen and oxygen atoms in total. The van der Waals surface area contributed by atoms with E-state index >= 15 is 0 Å². The first kappa shape index (κ1) is 35.7. The molecule has 3 amide bonds. The molecular weight excluding hydrogens is 621 g/mol. The highest BCUT2D eigenvalue weighted by Gasteiger charge is 2.42. The molecule has 0 aliphatic carbocycles. The van der Waals surface area contributed by atoms with Gasteiger partial charge in [0.1, 0.15) is 0 Å². The minimum atomic E-state index is -2.35. The zero-order valence-electron chi connectivity index (χ0n) is 23.9. The largest absolute Gasteiger partial charge is 0.420 e. The van der Waals surface area contributed by atoms with Crippen molar-refractivity contribution in [3.63, 3.8) is 0 Å². The highest BCUT2D eigenvalue weighted by molar-refractivity contribution is 8.00. The van der Waals surface area contributed by atoms with E-state index in [1.54, 1.807) is 0 Å². The van der Waals surface area contributed by atoms with Crippen LogP contribution in [0.5, 0.6) is 5.75 Å². The fourth-order valence-electron chi connectivity index (χ4n) is 4.38. The minimum Gasteiger partial charge on any atom is -0.420 e. The fourth-order valence-corrected chi connectivity index (χ4v) is 5.93. The van der Waals surface area contributed by atoms with Gasteiger partial charge in [0.15, 0.2) is 0 Å². The average Bonchev–Trinajstić information content (AvgIpc) is 3.56. The van der Waals surface area contributed by atoms with E-state index in [0.717, 1.165) is 25.0 Å². The molecular formula is C27H36F5N3O8S. The molecule has 2 aliphatic heterocycles. The van der Waals surface area contributed by atoms with E-state index < -0.39 is 47.2 Å². The molecule has 0 unspecified atom stereocenters. The van der Waals surface area contributed by atoms with Crippen molar-refractivity contribution >= 4 is 29.7 Å². The Labute approximate surface area is 255 Å². The van der Waals surface area contributed by atoms with Crippen LogP contribution in [0.1, 0.15) is 32.1 Å². The third kappa shape index (κ3) is 11.3. The number of ether oxygens (including phenoxy) is 5. The molecule has 0 aromatic heterocycles. The van der Waals surface area contributed by atoms with Crippen molar-refractivity contribution in [3.05, 3.63) is 29.1 Å². The SMILES string of the molecule is O=C(CCCC[C@@H]1SC[C@H]2NC(=O)N[C@H]12)NCCOCCOCCOCCOCCC(=O)Oc1c(F)c(F)c(F)c(F)c1F. The summed E-state index contributed by atoms with van der Waals surface area (Å²) >= 11 is 1.86. The average molecular weight is 658 g/mol. The van der Waals surface area contributed by atoms with Gasteiger partial charge in [0.25, 0.3) is 0 Å². The molecule has 0 bridgehead atoms. The summed E-state index contributed by atoms with van der Waals surface area (Å²) in [6.07, 6.45) is 2.63. The van der Waals surface area contributed by atoms with Crippen LogP contribution in [-0.4, -0.2) is 100 Å². The monoisotopic (exact) mass is 657 g/mol. The van der Waals surface area contributed by atoms with Gasteiger partial charge in [-0.15, -0.1) is 0 Å². The Morgan fingerprint density at radius 2 is 1.32 bits per heavy atom. The summed E-state index contributed by atoms with van der Waals surface area (Å²) < 4.78 is 91.7. The third-order valence-electron chi connectivity index (χ3n) is 6.60. The number of benzene rings is 1. The van der Waals surface area contributed by atoms with Gasteiger partial charge in [-0.1, -0.05) is 6.42 Å². The van der Waals surface area contributed by atoms with Crippen molar-refractivity contribution in [2.24, 2.45) is 0 Å². The van der Waals surface area contributed by atoms with Gasteiger partial charge in [-0.05, 0) is 12.8 Å². The number of halogens is 5. The van der Waals surface area contributed by atoms with Crippen LogP contribution in [0, 0.1) is 29.1 Å². The Morgan fingerprint density at radius 3 is 1.95 bits per heavy atom. The van der Waals surface area contributed by atoms with E-state index in [2.05, 4.69) is 20.7 Å². The summed E-state index contributed by atoms with van der Waals surface area (Å²) in [5.41, 5.74) is 0. The van der Waals surface area contributed by atoms with Gasteiger partial charge < -0.3 is 39.6 Å². The van der Waals surface area contributed by atoms with Gasteiger partial charge in [0.05, 0.1) is 71.4 Å². The van der Waals surface area contributed by atoms with E-state index in [9.17, 15) is 36.3 Å². The minimum absolute atomic E-state index is 0.0251. The number of rotatable bonds is 21. The summed E-state index contributed by atoms with van der Waals surface area (Å²) in [5.74, 6) is -13.3. The fraction of sp³-hybridized carbons (Fsp3) is 0.667. The van der Waals surface area contributed by atoms with Crippen LogP contribution in [0.2, 0.25) is 0 Å². The van der Waals surface area contributed by atoms with Crippen LogP contribution in [0.25, 0.3) is 0 Å². The Balaban J connectivity index is 1.05. The van der Waals surface area contributed by atoms with E-state index in [1.165, 1.54) is 0 Å². The molecule has 3 atom stereocenters. The lowest BCUT2D eigenvalue weighted by Gasteiger charge is -2.16. The standard InChI is InChI=1S/C27H36F5N3O8S/c28-20-21(29)23(31)26(24(32)22(20)30)43-19(37)5-7-39-9-11-41-13-14-42-12-10-40-8-6-33-18(36)4-2-1-3-17-25-16(15-44-17)34-27(38)35-25/h16-17,25H,1-15H2,(H,33,36)(H2,34,35,38)/t16-,17+,25+/m1/s1. The second-order valence-corrected chi connectivity index (χ2v) is 11.1. The zero-order valence-corrected chi connectivity index (χ0v) is 24.7. The van der Waals surface area contributed by atoms with E-state index in [4.69, 9.17) is 18.9 Å². The van der Waals surface area contributed by atoms with Gasteiger partial charge in [-0.2, -0.15) is 20.5 Å². The number of carbonyl (C=O) groups is 3. The smallest absolute Gasteiger partial charge is 0.315 e. The van der Waals surface area contributed by atoms with Crippen molar-refractivity contribution in [2.75, 3.05) is 65.2 Å². The Bertz CT molecular complexity index is 1090. The number of hydrogen-bond donors (Lipinski definition) is 3. The number of hydrogen-bond acceptors (Lipinski definition) is 9. The maximum Gasteiger partial charge on any atom is 0.315 e. The normalized spacial score (nSPS) is 19.0. The molecule has 1 aromatic rings. The molecule has 44 heavy (non-hydrogen) atoms. The van der Waals surface area contributed by atoms with Crippen LogP contribution in [-0.2, 0) is 28.5 Å². The lowest BCUT2D eigenvalue weighted by Crippen LogP contribution is -2.36. The molecule has 17 heteroatoms. The van der Waals surface area contributed by atoms with Gasteiger partial charge in [-0.3, -0.25) is 9.59 Å². The topological polar surface area (TPSA) is 133 Å². The second-order valence-electron chi connectivity index (χ2n) is 9.79. The quantitative estimate of drug-likeness (QED) is 0.0347. The molecule has 3 N–H and O–H groups in total. The van der Waals surface area contributed by atoms with E-state index in [0.29, 0.717) is 38.0 Å². The predicted octanol–water partition coefficient (Wildman–Crippen LogP) is 2.59. The van der Waals surface area contributed by atoms with Crippen molar-refractivity contribution in [2.45, 2.75) is 49.4 Å². The lowest BCUT2D eigenvalue weighted by atomic mass is 10.0. The summed E-state index contributed by atoms with van der Waals surface area (Å²) in [4.78, 5) is 35.0. The predicted molar refractivity (Wildman–Crippen MR) is 147 cm³/mol. The number of fused-ring (bicyclic) bond motifs is 1. The highest BCUT2D eigenvalue weighted by Crippen LogP contribution is 2.33. The van der Waals surface area contributed by atoms with Crippen molar-refractivity contribution in [3.8, 4) is 5.75 Å². The molecule has 2 saturated heterocycles. The number of amides is 3. The van der Waals surface area contributed by atoms with Gasteiger partial charge in [-0.25, -0.2) is 18.0 Å². The number of esters is 1. The Hall–Kier alpha value is -2.73. The summed E-state index contributed by atoms with van der Waals surface area (Å²) in [6, 6.07) is 0.295. The summed E-state index contributed by atoms with van der Waals surface area (Å²) in [6.45, 7) is 1.97. The van der Waals surface area contributed by atoms with Gasteiger partial charge in [0, 0.05) is 24.0 Å².